The molecule has 2 aromatic rings. The number of nitriles is 1. The van der Waals surface area contributed by atoms with Gasteiger partial charge in [0, 0.05) is 12.1 Å². The Balaban J connectivity index is 2.31. The fraction of sp³-hybridized carbons (Fsp3) is 0.0909. The average Bonchev–Trinajstić information content (AvgIpc) is 2.67. The molecule has 0 spiro atoms. The molecule has 0 saturated heterocycles. The summed E-state index contributed by atoms with van der Waals surface area (Å²) in [5.74, 6) is 1.06. The van der Waals surface area contributed by atoms with Crippen LogP contribution in [0.1, 0.15) is 5.56 Å². The van der Waals surface area contributed by atoms with Crippen LogP contribution in [0.2, 0.25) is 5.02 Å². The molecule has 80 valence electrons. The maximum atomic E-state index is 8.92. The van der Waals surface area contributed by atoms with E-state index in [1.54, 1.807) is 42.3 Å². The third-order valence-electron chi connectivity index (χ3n) is 1.97. The quantitative estimate of drug-likeness (QED) is 0.801. The number of hydrogen-bond acceptors (Lipinski definition) is 3. The first kappa shape index (κ1) is 10.5. The molecule has 4 nitrogen and oxygen atoms in total. The number of nitrogens with zero attached hydrogens (tertiary/aromatic N) is 3. The number of ether oxygens (including phenoxy) is 1. The van der Waals surface area contributed by atoms with Gasteiger partial charge in [-0.1, -0.05) is 11.6 Å². The minimum atomic E-state index is 0.399. The maximum absolute atomic E-state index is 8.92. The second-order valence-corrected chi connectivity index (χ2v) is 3.64. The lowest BCUT2D eigenvalue weighted by Gasteiger charge is -2.04. The van der Waals surface area contributed by atoms with Gasteiger partial charge in [0.05, 0.1) is 18.0 Å². The summed E-state index contributed by atoms with van der Waals surface area (Å²) in [4.78, 5) is 0. The van der Waals surface area contributed by atoms with Gasteiger partial charge >= 0.3 is 0 Å². The number of aromatic nitrogens is 2. The summed E-state index contributed by atoms with van der Waals surface area (Å²) in [6, 6.07) is 6.92. The zero-order valence-electron chi connectivity index (χ0n) is 8.51. The number of hydrogen-bond donors (Lipinski definition) is 0. The second-order valence-electron chi connectivity index (χ2n) is 3.20. The number of aryl methyl sites for hydroxylation is 1. The van der Waals surface area contributed by atoms with Crippen LogP contribution in [0.4, 0.5) is 0 Å². The smallest absolute Gasteiger partial charge is 0.165 e. The third-order valence-corrected chi connectivity index (χ3v) is 2.21. The average molecular weight is 234 g/mol. The first-order valence-corrected chi connectivity index (χ1v) is 4.93. The second kappa shape index (κ2) is 4.25. The van der Waals surface area contributed by atoms with Gasteiger partial charge in [0.25, 0.3) is 0 Å². The topological polar surface area (TPSA) is 50.8 Å². The lowest BCUT2D eigenvalue weighted by atomic mass is 10.2. The minimum Gasteiger partial charge on any atom is -0.453 e. The standard InChI is InChI=1S/C11H8ClN3O/c1-15-7-10(6-14-15)16-11-3-2-9(12)4-8(11)5-13/h2-4,6-7H,1H3. The van der Waals surface area contributed by atoms with Crippen LogP contribution in [-0.2, 0) is 7.05 Å². The Morgan fingerprint density at radius 2 is 2.31 bits per heavy atom. The van der Waals surface area contributed by atoms with Gasteiger partial charge in [-0.15, -0.1) is 0 Å². The zero-order valence-corrected chi connectivity index (χ0v) is 9.27. The van der Waals surface area contributed by atoms with Gasteiger partial charge in [0.15, 0.2) is 5.75 Å². The van der Waals surface area contributed by atoms with E-state index in [1.165, 1.54) is 0 Å². The lowest BCUT2D eigenvalue weighted by molar-refractivity contribution is 0.480. The van der Waals surface area contributed by atoms with Crippen molar-refractivity contribution in [1.82, 2.24) is 9.78 Å². The molecule has 0 bridgehead atoms. The lowest BCUT2D eigenvalue weighted by Crippen LogP contribution is -1.87. The predicted octanol–water partition coefficient (Wildman–Crippen LogP) is 2.74. The highest BCUT2D eigenvalue weighted by atomic mass is 35.5. The molecule has 0 radical (unpaired) electrons. The van der Waals surface area contributed by atoms with Crippen LogP contribution >= 0.6 is 11.6 Å². The molecule has 16 heavy (non-hydrogen) atoms. The molecular formula is C11H8ClN3O. The summed E-state index contributed by atoms with van der Waals surface area (Å²) >= 11 is 5.78. The molecular weight excluding hydrogens is 226 g/mol. The fourth-order valence-electron chi connectivity index (χ4n) is 1.26. The van der Waals surface area contributed by atoms with Crippen molar-refractivity contribution in [3.8, 4) is 17.6 Å². The van der Waals surface area contributed by atoms with Crippen molar-refractivity contribution < 1.29 is 4.74 Å². The molecule has 0 amide bonds. The first-order valence-electron chi connectivity index (χ1n) is 4.55. The van der Waals surface area contributed by atoms with Crippen molar-refractivity contribution in [1.29, 1.82) is 5.26 Å². The molecule has 0 atom stereocenters. The van der Waals surface area contributed by atoms with Crippen LogP contribution in [0.25, 0.3) is 0 Å². The van der Waals surface area contributed by atoms with E-state index in [2.05, 4.69) is 5.10 Å². The molecule has 1 aromatic heterocycles. The molecule has 0 unspecified atom stereocenters. The molecule has 0 saturated carbocycles. The summed E-state index contributed by atoms with van der Waals surface area (Å²) in [6.45, 7) is 0. The van der Waals surface area contributed by atoms with Gasteiger partial charge in [0.1, 0.15) is 11.8 Å². The summed E-state index contributed by atoms with van der Waals surface area (Å²) in [6.07, 6.45) is 3.30. The third kappa shape index (κ3) is 2.15. The van der Waals surface area contributed by atoms with Crippen LogP contribution in [0.5, 0.6) is 11.5 Å². The predicted molar refractivity (Wildman–Crippen MR) is 59.4 cm³/mol. The summed E-state index contributed by atoms with van der Waals surface area (Å²) in [7, 11) is 1.79. The van der Waals surface area contributed by atoms with E-state index in [4.69, 9.17) is 21.6 Å². The number of benzene rings is 1. The van der Waals surface area contributed by atoms with Gasteiger partial charge in [-0.3, -0.25) is 4.68 Å². The van der Waals surface area contributed by atoms with E-state index in [0.717, 1.165) is 0 Å². The summed E-state index contributed by atoms with van der Waals surface area (Å²) < 4.78 is 7.13. The summed E-state index contributed by atoms with van der Waals surface area (Å²) in [5.41, 5.74) is 0.399. The minimum absolute atomic E-state index is 0.399. The Bertz CT molecular complexity index is 557. The van der Waals surface area contributed by atoms with Crippen LogP contribution in [0, 0.1) is 11.3 Å². The van der Waals surface area contributed by atoms with Gasteiger partial charge in [-0.05, 0) is 18.2 Å². The molecule has 5 heteroatoms. The van der Waals surface area contributed by atoms with Crippen LogP contribution in [0.3, 0.4) is 0 Å². The molecule has 0 N–H and O–H groups in total. The largest absolute Gasteiger partial charge is 0.453 e. The van der Waals surface area contributed by atoms with E-state index in [-0.39, 0.29) is 0 Å². The van der Waals surface area contributed by atoms with Crippen molar-refractivity contribution in [2.45, 2.75) is 0 Å². The Morgan fingerprint density at radius 1 is 1.50 bits per heavy atom. The van der Waals surface area contributed by atoms with Crippen LogP contribution < -0.4 is 4.74 Å². The Morgan fingerprint density at radius 3 is 2.94 bits per heavy atom. The van der Waals surface area contributed by atoms with Crippen molar-refractivity contribution in [2.24, 2.45) is 7.05 Å². The molecule has 0 aliphatic heterocycles. The fourth-order valence-corrected chi connectivity index (χ4v) is 1.43. The molecule has 1 heterocycles. The van der Waals surface area contributed by atoms with Crippen molar-refractivity contribution in [2.75, 3.05) is 0 Å². The van der Waals surface area contributed by atoms with Crippen LogP contribution in [-0.4, -0.2) is 9.78 Å². The van der Waals surface area contributed by atoms with E-state index >= 15 is 0 Å². The van der Waals surface area contributed by atoms with E-state index in [9.17, 15) is 0 Å². The molecule has 0 aliphatic carbocycles. The van der Waals surface area contributed by atoms with E-state index in [1.807, 2.05) is 6.07 Å². The van der Waals surface area contributed by atoms with Crippen molar-refractivity contribution >= 4 is 11.6 Å². The van der Waals surface area contributed by atoms with Crippen molar-refractivity contribution in [3.05, 3.63) is 41.2 Å². The Kier molecular flexibility index (Phi) is 2.80. The molecule has 1 aromatic carbocycles. The Labute approximate surface area is 97.6 Å². The monoisotopic (exact) mass is 233 g/mol. The van der Waals surface area contributed by atoms with Gasteiger partial charge in [-0.25, -0.2) is 0 Å². The van der Waals surface area contributed by atoms with Gasteiger partial charge in [-0.2, -0.15) is 10.4 Å². The Hall–Kier alpha value is -1.99. The van der Waals surface area contributed by atoms with E-state index in [0.29, 0.717) is 22.1 Å². The van der Waals surface area contributed by atoms with Gasteiger partial charge in [0.2, 0.25) is 0 Å². The molecule has 0 fully saturated rings. The molecule has 0 aliphatic rings. The maximum Gasteiger partial charge on any atom is 0.165 e. The normalized spacial score (nSPS) is 9.81. The van der Waals surface area contributed by atoms with E-state index < -0.39 is 0 Å². The van der Waals surface area contributed by atoms with Crippen molar-refractivity contribution in [3.63, 3.8) is 0 Å². The first-order chi connectivity index (χ1) is 7.69. The highest BCUT2D eigenvalue weighted by Gasteiger charge is 2.06. The van der Waals surface area contributed by atoms with Crippen LogP contribution in [0.15, 0.2) is 30.6 Å². The number of halogens is 1. The SMILES string of the molecule is Cn1cc(Oc2ccc(Cl)cc2C#N)cn1. The highest BCUT2D eigenvalue weighted by molar-refractivity contribution is 6.30. The highest BCUT2D eigenvalue weighted by Crippen LogP contribution is 2.26. The van der Waals surface area contributed by atoms with Gasteiger partial charge < -0.3 is 4.74 Å². The summed E-state index contributed by atoms with van der Waals surface area (Å²) in [5, 5.41) is 13.4. The zero-order chi connectivity index (χ0) is 11.5. The number of rotatable bonds is 2. The molecule has 2 rings (SSSR count).